The van der Waals surface area contributed by atoms with Crippen LogP contribution in [0.25, 0.3) is 0 Å². The van der Waals surface area contributed by atoms with E-state index in [1.54, 1.807) is 0 Å². The van der Waals surface area contributed by atoms with Crippen LogP contribution >= 0.6 is 0 Å². The molecule has 1 amide bonds. The van der Waals surface area contributed by atoms with Crippen LogP contribution in [0.2, 0.25) is 0 Å². The topological polar surface area (TPSA) is 46.3 Å². The monoisotopic (exact) mass is 260 g/mol. The quantitative estimate of drug-likeness (QED) is 0.888. The first-order valence-corrected chi connectivity index (χ1v) is 6.94. The predicted octanol–water partition coefficient (Wildman–Crippen LogP) is 2.60. The molecule has 1 saturated heterocycles. The van der Waals surface area contributed by atoms with E-state index in [-0.39, 0.29) is 23.4 Å². The van der Waals surface area contributed by atoms with Crippen LogP contribution in [0.15, 0.2) is 24.3 Å². The number of rotatable bonds is 2. The molecule has 104 valence electrons. The molecule has 2 N–H and O–H groups in total. The number of hydrogen-bond donors (Lipinski definition) is 1. The molecule has 0 bridgehead atoms. The lowest BCUT2D eigenvalue weighted by Crippen LogP contribution is -2.30. The van der Waals surface area contributed by atoms with Crippen LogP contribution in [0.1, 0.15) is 51.3 Å². The second kappa shape index (κ2) is 4.97. The van der Waals surface area contributed by atoms with Gasteiger partial charge in [-0.3, -0.25) is 4.79 Å². The maximum Gasteiger partial charge on any atom is 0.224 e. The van der Waals surface area contributed by atoms with Gasteiger partial charge in [-0.05, 0) is 23.5 Å². The summed E-state index contributed by atoms with van der Waals surface area (Å²) >= 11 is 0. The van der Waals surface area contributed by atoms with E-state index in [0.717, 1.165) is 0 Å². The lowest BCUT2D eigenvalue weighted by molar-refractivity contribution is -0.129. The lowest BCUT2D eigenvalue weighted by Gasteiger charge is -2.26. The van der Waals surface area contributed by atoms with Crippen LogP contribution in [-0.4, -0.2) is 23.4 Å². The van der Waals surface area contributed by atoms with Crippen LogP contribution in [0.3, 0.4) is 0 Å². The van der Waals surface area contributed by atoms with Crippen molar-refractivity contribution in [2.45, 2.75) is 51.6 Å². The van der Waals surface area contributed by atoms with E-state index in [1.807, 2.05) is 4.90 Å². The molecular formula is C16H24N2O. The zero-order valence-electron chi connectivity index (χ0n) is 12.3. The molecule has 1 aromatic rings. The van der Waals surface area contributed by atoms with E-state index in [1.165, 1.54) is 11.1 Å². The number of carbonyl (C=O) groups excluding carboxylic acids is 1. The lowest BCUT2D eigenvalue weighted by atomic mass is 9.86. The Labute approximate surface area is 115 Å². The smallest absolute Gasteiger partial charge is 0.224 e. The summed E-state index contributed by atoms with van der Waals surface area (Å²) in [5.41, 5.74) is 8.50. The Balaban J connectivity index is 2.16. The van der Waals surface area contributed by atoms with Gasteiger partial charge in [0, 0.05) is 19.0 Å². The summed E-state index contributed by atoms with van der Waals surface area (Å²) in [6.45, 7) is 9.35. The van der Waals surface area contributed by atoms with Crippen LogP contribution in [0.5, 0.6) is 0 Å². The molecule has 1 aromatic carbocycles. The largest absolute Gasteiger partial charge is 0.334 e. The first-order valence-electron chi connectivity index (χ1n) is 6.94. The van der Waals surface area contributed by atoms with Gasteiger partial charge in [0.1, 0.15) is 0 Å². The number of hydrogen-bond acceptors (Lipinski definition) is 2. The fourth-order valence-corrected chi connectivity index (χ4v) is 2.58. The fourth-order valence-electron chi connectivity index (χ4n) is 2.58. The Morgan fingerprint density at radius 2 is 1.84 bits per heavy atom. The van der Waals surface area contributed by atoms with Crippen LogP contribution < -0.4 is 5.73 Å². The highest BCUT2D eigenvalue weighted by molar-refractivity contribution is 5.79. The van der Waals surface area contributed by atoms with Crippen molar-refractivity contribution < 1.29 is 4.79 Å². The third-order valence-electron chi connectivity index (χ3n) is 3.91. The molecule has 3 nitrogen and oxygen atoms in total. The summed E-state index contributed by atoms with van der Waals surface area (Å²) < 4.78 is 0. The first-order chi connectivity index (χ1) is 8.79. The zero-order valence-corrected chi connectivity index (χ0v) is 12.3. The summed E-state index contributed by atoms with van der Waals surface area (Å²) in [7, 11) is 0. The van der Waals surface area contributed by atoms with Crippen molar-refractivity contribution in [2.75, 3.05) is 6.54 Å². The van der Waals surface area contributed by atoms with E-state index < -0.39 is 0 Å². The maximum absolute atomic E-state index is 11.9. The minimum absolute atomic E-state index is 0.0104. The highest BCUT2D eigenvalue weighted by Gasteiger charge is 2.31. The number of benzene rings is 1. The van der Waals surface area contributed by atoms with Crippen molar-refractivity contribution >= 4 is 5.91 Å². The van der Waals surface area contributed by atoms with E-state index >= 15 is 0 Å². The molecule has 1 aliphatic heterocycles. The van der Waals surface area contributed by atoms with Gasteiger partial charge in [-0.2, -0.15) is 0 Å². The van der Waals surface area contributed by atoms with Gasteiger partial charge in [0.05, 0.1) is 6.04 Å². The predicted molar refractivity (Wildman–Crippen MR) is 77.9 cm³/mol. The summed E-state index contributed by atoms with van der Waals surface area (Å²) in [5, 5.41) is 0. The highest BCUT2D eigenvalue weighted by Crippen LogP contribution is 2.28. The van der Waals surface area contributed by atoms with E-state index in [4.69, 9.17) is 5.73 Å². The molecule has 1 heterocycles. The molecule has 2 unspecified atom stereocenters. The number of likely N-dealkylation sites (tertiary alicyclic amines) is 1. The molecule has 1 fully saturated rings. The number of carbonyl (C=O) groups is 1. The first kappa shape index (κ1) is 14.1. The van der Waals surface area contributed by atoms with Crippen molar-refractivity contribution in [3.63, 3.8) is 0 Å². The van der Waals surface area contributed by atoms with Gasteiger partial charge in [0.2, 0.25) is 5.91 Å². The number of nitrogens with zero attached hydrogens (tertiary/aromatic N) is 1. The second-order valence-corrected chi connectivity index (χ2v) is 6.56. The second-order valence-electron chi connectivity index (χ2n) is 6.56. The average Bonchev–Trinajstić information content (AvgIpc) is 2.66. The Kier molecular flexibility index (Phi) is 3.68. The number of amides is 1. The third-order valence-corrected chi connectivity index (χ3v) is 3.91. The summed E-state index contributed by atoms with van der Waals surface area (Å²) in [5.74, 6) is 0.167. The molecule has 0 aliphatic carbocycles. The van der Waals surface area contributed by atoms with Crippen molar-refractivity contribution in [1.82, 2.24) is 4.90 Å². The van der Waals surface area contributed by atoms with Crippen molar-refractivity contribution in [3.8, 4) is 0 Å². The molecule has 1 aliphatic rings. The molecule has 0 saturated carbocycles. The minimum atomic E-state index is -0.0104. The van der Waals surface area contributed by atoms with Gasteiger partial charge in [-0.1, -0.05) is 45.0 Å². The zero-order chi connectivity index (χ0) is 14.2. The van der Waals surface area contributed by atoms with Crippen LogP contribution in [-0.2, 0) is 10.2 Å². The SMILES string of the molecule is CC(c1ccc(C(C)(C)C)cc1)N1CC(N)CC1=O. The normalized spacial score (nSPS) is 21.8. The average molecular weight is 260 g/mol. The maximum atomic E-state index is 11.9. The van der Waals surface area contributed by atoms with Crippen LogP contribution in [0.4, 0.5) is 0 Å². The molecule has 0 aromatic heterocycles. The van der Waals surface area contributed by atoms with Gasteiger partial charge in [0.25, 0.3) is 0 Å². The molecule has 2 atom stereocenters. The standard InChI is InChI=1S/C16H24N2O/c1-11(18-10-14(17)9-15(18)19)12-5-7-13(8-6-12)16(2,3)4/h5-8,11,14H,9-10,17H2,1-4H3. The Morgan fingerprint density at radius 3 is 2.26 bits per heavy atom. The molecule has 0 spiro atoms. The highest BCUT2D eigenvalue weighted by atomic mass is 16.2. The summed E-state index contributed by atoms with van der Waals surface area (Å²) in [6.07, 6.45) is 0.477. The van der Waals surface area contributed by atoms with Crippen molar-refractivity contribution in [1.29, 1.82) is 0 Å². The molecular weight excluding hydrogens is 236 g/mol. The van der Waals surface area contributed by atoms with Crippen molar-refractivity contribution in [2.24, 2.45) is 5.73 Å². The Bertz CT molecular complexity index is 459. The van der Waals surface area contributed by atoms with Gasteiger partial charge in [0.15, 0.2) is 0 Å². The van der Waals surface area contributed by atoms with E-state index in [9.17, 15) is 4.79 Å². The van der Waals surface area contributed by atoms with Crippen molar-refractivity contribution in [3.05, 3.63) is 35.4 Å². The van der Waals surface area contributed by atoms with Crippen LogP contribution in [0, 0.1) is 0 Å². The third kappa shape index (κ3) is 2.98. The Hall–Kier alpha value is -1.35. The minimum Gasteiger partial charge on any atom is -0.334 e. The molecule has 0 radical (unpaired) electrons. The van der Waals surface area contributed by atoms with Gasteiger partial charge in [-0.15, -0.1) is 0 Å². The summed E-state index contributed by atoms with van der Waals surface area (Å²) in [4.78, 5) is 13.8. The molecule has 3 heteroatoms. The molecule has 2 rings (SSSR count). The summed E-state index contributed by atoms with van der Waals surface area (Å²) in [6, 6.07) is 8.67. The van der Waals surface area contributed by atoms with E-state index in [0.29, 0.717) is 13.0 Å². The Morgan fingerprint density at radius 1 is 1.26 bits per heavy atom. The van der Waals surface area contributed by atoms with Gasteiger partial charge < -0.3 is 10.6 Å². The van der Waals surface area contributed by atoms with E-state index in [2.05, 4.69) is 52.0 Å². The fraction of sp³-hybridized carbons (Fsp3) is 0.562. The number of nitrogens with two attached hydrogens (primary N) is 1. The molecule has 19 heavy (non-hydrogen) atoms. The van der Waals surface area contributed by atoms with Gasteiger partial charge >= 0.3 is 0 Å². The van der Waals surface area contributed by atoms with Gasteiger partial charge in [-0.25, -0.2) is 0 Å².